The summed E-state index contributed by atoms with van der Waals surface area (Å²) in [6, 6.07) is 16.6. The van der Waals surface area contributed by atoms with Gasteiger partial charge in [-0.25, -0.2) is 0 Å². The van der Waals surface area contributed by atoms with Gasteiger partial charge in [0.2, 0.25) is 0 Å². The van der Waals surface area contributed by atoms with E-state index in [2.05, 4.69) is 31.2 Å². The number of aryl methyl sites for hydroxylation is 1. The van der Waals surface area contributed by atoms with Gasteiger partial charge in [-0.1, -0.05) is 43.3 Å². The van der Waals surface area contributed by atoms with E-state index in [0.717, 1.165) is 17.7 Å². The molecule has 0 amide bonds. The van der Waals surface area contributed by atoms with Crippen molar-refractivity contribution >= 4 is 0 Å². The molecule has 0 aromatic heterocycles. The fourth-order valence-corrected chi connectivity index (χ4v) is 1.91. The van der Waals surface area contributed by atoms with Crippen molar-refractivity contribution in [1.82, 2.24) is 0 Å². The molecule has 2 aromatic carbocycles. The second-order valence-electron chi connectivity index (χ2n) is 4.82. The van der Waals surface area contributed by atoms with Crippen LogP contribution in [0.2, 0.25) is 0 Å². The van der Waals surface area contributed by atoms with Crippen molar-refractivity contribution in [2.45, 2.75) is 32.9 Å². The van der Waals surface area contributed by atoms with Gasteiger partial charge in [0.15, 0.2) is 0 Å². The minimum atomic E-state index is 0.0654. The van der Waals surface area contributed by atoms with Crippen molar-refractivity contribution in [1.29, 1.82) is 0 Å². The normalized spacial score (nSPS) is 12.2. The average Bonchev–Trinajstić information content (AvgIpc) is 2.46. The molecule has 100 valence electrons. The molecule has 0 bridgehead atoms. The van der Waals surface area contributed by atoms with E-state index in [9.17, 15) is 0 Å². The lowest BCUT2D eigenvalue weighted by Crippen LogP contribution is -2.04. The molecule has 1 atom stereocenters. The van der Waals surface area contributed by atoms with Crippen molar-refractivity contribution in [3.63, 3.8) is 0 Å². The highest BCUT2D eigenvalue weighted by Gasteiger charge is 2.00. The Morgan fingerprint density at radius 3 is 2.05 bits per heavy atom. The fraction of sp³-hybridized carbons (Fsp3) is 0.294. The Kier molecular flexibility index (Phi) is 4.58. The summed E-state index contributed by atoms with van der Waals surface area (Å²) in [5.41, 5.74) is 9.48. The first kappa shape index (κ1) is 13.6. The third-order valence-corrected chi connectivity index (χ3v) is 3.24. The zero-order valence-corrected chi connectivity index (χ0v) is 11.6. The maximum absolute atomic E-state index is 5.82. The molecule has 0 spiro atoms. The van der Waals surface area contributed by atoms with Crippen LogP contribution < -0.4 is 10.5 Å². The minimum Gasteiger partial charge on any atom is -0.489 e. The molecular weight excluding hydrogens is 234 g/mol. The topological polar surface area (TPSA) is 35.2 Å². The molecule has 2 nitrogen and oxygen atoms in total. The van der Waals surface area contributed by atoms with Crippen molar-refractivity contribution in [2.24, 2.45) is 5.73 Å². The Morgan fingerprint density at radius 1 is 0.947 bits per heavy atom. The van der Waals surface area contributed by atoms with E-state index in [1.54, 1.807) is 0 Å². The first-order valence-electron chi connectivity index (χ1n) is 6.75. The molecule has 1 unspecified atom stereocenters. The quantitative estimate of drug-likeness (QED) is 0.880. The second-order valence-corrected chi connectivity index (χ2v) is 4.82. The van der Waals surface area contributed by atoms with Gasteiger partial charge in [-0.05, 0) is 42.2 Å². The van der Waals surface area contributed by atoms with Crippen molar-refractivity contribution < 1.29 is 4.74 Å². The number of benzene rings is 2. The van der Waals surface area contributed by atoms with E-state index in [0.29, 0.717) is 6.61 Å². The van der Waals surface area contributed by atoms with E-state index >= 15 is 0 Å². The maximum Gasteiger partial charge on any atom is 0.119 e. The summed E-state index contributed by atoms with van der Waals surface area (Å²) < 4.78 is 5.76. The van der Waals surface area contributed by atoms with Gasteiger partial charge in [0.25, 0.3) is 0 Å². The van der Waals surface area contributed by atoms with Crippen LogP contribution in [0.15, 0.2) is 48.5 Å². The number of nitrogens with two attached hydrogens (primary N) is 1. The highest BCUT2D eigenvalue weighted by Crippen LogP contribution is 2.17. The zero-order valence-electron chi connectivity index (χ0n) is 11.6. The second kappa shape index (κ2) is 6.39. The summed E-state index contributed by atoms with van der Waals surface area (Å²) in [6.45, 7) is 4.73. The molecule has 19 heavy (non-hydrogen) atoms. The summed E-state index contributed by atoms with van der Waals surface area (Å²) in [6.07, 6.45) is 1.07. The Morgan fingerprint density at radius 2 is 1.53 bits per heavy atom. The molecule has 0 saturated heterocycles. The number of hydrogen-bond donors (Lipinski definition) is 1. The molecular formula is C17H21NO. The SMILES string of the molecule is CCc1ccc(COc2ccc(C(C)N)cc2)cc1. The largest absolute Gasteiger partial charge is 0.489 e. The summed E-state index contributed by atoms with van der Waals surface area (Å²) in [5.74, 6) is 0.879. The molecule has 0 fully saturated rings. The van der Waals surface area contributed by atoms with Crippen molar-refractivity contribution in [3.8, 4) is 5.75 Å². The summed E-state index contributed by atoms with van der Waals surface area (Å²) >= 11 is 0. The van der Waals surface area contributed by atoms with Crippen molar-refractivity contribution in [2.75, 3.05) is 0 Å². The van der Waals surface area contributed by atoms with E-state index in [1.807, 2.05) is 31.2 Å². The van der Waals surface area contributed by atoms with Crippen LogP contribution in [-0.2, 0) is 13.0 Å². The lowest BCUT2D eigenvalue weighted by molar-refractivity contribution is 0.306. The van der Waals surface area contributed by atoms with E-state index in [4.69, 9.17) is 10.5 Å². The predicted molar refractivity (Wildman–Crippen MR) is 79.2 cm³/mol. The van der Waals surface area contributed by atoms with E-state index < -0.39 is 0 Å². The first-order chi connectivity index (χ1) is 9.19. The van der Waals surface area contributed by atoms with E-state index in [1.165, 1.54) is 11.1 Å². The average molecular weight is 255 g/mol. The molecule has 2 rings (SSSR count). The standard InChI is InChI=1S/C17H21NO/c1-3-14-4-6-15(7-5-14)12-19-17-10-8-16(9-11-17)13(2)18/h4-11,13H,3,12,18H2,1-2H3. The van der Waals surface area contributed by atoms with Crippen LogP contribution in [0, 0.1) is 0 Å². The molecule has 2 N–H and O–H groups in total. The Hall–Kier alpha value is -1.80. The van der Waals surface area contributed by atoms with Gasteiger partial charge in [-0.3, -0.25) is 0 Å². The summed E-state index contributed by atoms with van der Waals surface area (Å²) in [7, 11) is 0. The number of hydrogen-bond acceptors (Lipinski definition) is 2. The van der Waals surface area contributed by atoms with Crippen LogP contribution in [0.4, 0.5) is 0 Å². The van der Waals surface area contributed by atoms with Gasteiger partial charge in [0, 0.05) is 6.04 Å². The van der Waals surface area contributed by atoms with Gasteiger partial charge >= 0.3 is 0 Å². The van der Waals surface area contributed by atoms with Gasteiger partial charge in [0.1, 0.15) is 12.4 Å². The minimum absolute atomic E-state index is 0.0654. The van der Waals surface area contributed by atoms with Crippen LogP contribution in [0.3, 0.4) is 0 Å². The molecule has 0 heterocycles. The summed E-state index contributed by atoms with van der Waals surface area (Å²) in [5, 5.41) is 0. The monoisotopic (exact) mass is 255 g/mol. The smallest absolute Gasteiger partial charge is 0.119 e. The van der Waals surface area contributed by atoms with Crippen LogP contribution in [0.5, 0.6) is 5.75 Å². The van der Waals surface area contributed by atoms with Crippen LogP contribution in [0.1, 0.15) is 36.6 Å². The van der Waals surface area contributed by atoms with Crippen LogP contribution in [0.25, 0.3) is 0 Å². The van der Waals surface area contributed by atoms with Gasteiger partial charge in [0.05, 0.1) is 0 Å². The third kappa shape index (κ3) is 3.83. The van der Waals surface area contributed by atoms with Crippen LogP contribution in [-0.4, -0.2) is 0 Å². The maximum atomic E-state index is 5.82. The zero-order chi connectivity index (χ0) is 13.7. The van der Waals surface area contributed by atoms with Gasteiger partial charge in [-0.15, -0.1) is 0 Å². The Balaban J connectivity index is 1.94. The van der Waals surface area contributed by atoms with Gasteiger partial charge in [-0.2, -0.15) is 0 Å². The highest BCUT2D eigenvalue weighted by molar-refractivity contribution is 5.29. The number of rotatable bonds is 5. The molecule has 2 aromatic rings. The van der Waals surface area contributed by atoms with Crippen LogP contribution >= 0.6 is 0 Å². The predicted octanol–water partition coefficient (Wildman–Crippen LogP) is 3.85. The molecule has 0 saturated carbocycles. The highest BCUT2D eigenvalue weighted by atomic mass is 16.5. The Labute approximate surface area is 115 Å². The lowest BCUT2D eigenvalue weighted by atomic mass is 10.1. The molecule has 0 aliphatic rings. The fourth-order valence-electron chi connectivity index (χ4n) is 1.91. The molecule has 0 aliphatic carbocycles. The lowest BCUT2D eigenvalue weighted by Gasteiger charge is -2.09. The number of ether oxygens (including phenoxy) is 1. The summed E-state index contributed by atoms with van der Waals surface area (Å²) in [4.78, 5) is 0. The van der Waals surface area contributed by atoms with E-state index in [-0.39, 0.29) is 6.04 Å². The first-order valence-corrected chi connectivity index (χ1v) is 6.75. The molecule has 0 radical (unpaired) electrons. The Bertz CT molecular complexity index is 500. The molecule has 0 aliphatic heterocycles. The van der Waals surface area contributed by atoms with Crippen molar-refractivity contribution in [3.05, 3.63) is 65.2 Å². The third-order valence-electron chi connectivity index (χ3n) is 3.24. The van der Waals surface area contributed by atoms with Gasteiger partial charge < -0.3 is 10.5 Å². The molecule has 2 heteroatoms.